The molecule has 2 heterocycles. The number of likely N-dealkylation sites (tertiary alicyclic amines) is 1. The molecule has 0 aliphatic carbocycles. The molecule has 1 aliphatic rings. The zero-order valence-electron chi connectivity index (χ0n) is 17.9. The Morgan fingerprint density at radius 1 is 1.06 bits per heavy atom. The van der Waals surface area contributed by atoms with E-state index >= 15 is 0 Å². The largest absolute Gasteiger partial charge is 0.493 e. The van der Waals surface area contributed by atoms with Crippen LogP contribution in [0.3, 0.4) is 0 Å². The molecule has 4 rings (SSSR count). The molecule has 0 radical (unpaired) electrons. The van der Waals surface area contributed by atoms with Crippen molar-refractivity contribution in [2.75, 3.05) is 27.3 Å². The van der Waals surface area contributed by atoms with Crippen molar-refractivity contribution in [2.45, 2.75) is 25.3 Å². The number of aromatic amines is 1. The van der Waals surface area contributed by atoms with Crippen molar-refractivity contribution in [2.24, 2.45) is 0 Å². The van der Waals surface area contributed by atoms with Crippen molar-refractivity contribution in [1.29, 1.82) is 0 Å². The molecule has 1 saturated heterocycles. The molecule has 162 valence electrons. The lowest BCUT2D eigenvalue weighted by molar-refractivity contribution is 0.320. The van der Waals surface area contributed by atoms with Gasteiger partial charge in [0, 0.05) is 37.5 Å². The summed E-state index contributed by atoms with van der Waals surface area (Å²) in [5.74, 6) is 1.50. The van der Waals surface area contributed by atoms with Crippen molar-refractivity contribution in [3.05, 3.63) is 87.3 Å². The second kappa shape index (κ2) is 8.89. The summed E-state index contributed by atoms with van der Waals surface area (Å²) >= 11 is 0. The molecule has 2 atom stereocenters. The van der Waals surface area contributed by atoms with Gasteiger partial charge in [0.05, 0.1) is 19.9 Å². The van der Waals surface area contributed by atoms with Crippen LogP contribution in [0, 0.1) is 12.7 Å². The van der Waals surface area contributed by atoms with Crippen molar-refractivity contribution in [3.63, 3.8) is 0 Å². The molecule has 1 aromatic heterocycles. The van der Waals surface area contributed by atoms with Gasteiger partial charge in [0.25, 0.3) is 5.56 Å². The van der Waals surface area contributed by atoms with Gasteiger partial charge in [0.15, 0.2) is 11.5 Å². The number of ether oxygens (including phenoxy) is 2. The van der Waals surface area contributed by atoms with Gasteiger partial charge in [-0.3, -0.25) is 9.69 Å². The zero-order valence-corrected chi connectivity index (χ0v) is 17.9. The minimum absolute atomic E-state index is 0.0851. The molecule has 0 amide bonds. The molecule has 0 spiro atoms. The Balaban J connectivity index is 1.66. The fourth-order valence-electron chi connectivity index (χ4n) is 4.43. The molecule has 6 nitrogen and oxygen atoms in total. The predicted molar refractivity (Wildman–Crippen MR) is 116 cm³/mol. The SMILES string of the molecule is COc1ccc(CN2C[C@@H](c3cc(=O)[nH]c(C)n3)[C@H](c3ccccc3F)C2)cc1OC. The lowest BCUT2D eigenvalue weighted by Gasteiger charge is -2.19. The van der Waals surface area contributed by atoms with E-state index in [1.54, 1.807) is 27.2 Å². The molecule has 3 aromatic rings. The number of halogens is 1. The molecular weight excluding hydrogens is 397 g/mol. The fourth-order valence-corrected chi connectivity index (χ4v) is 4.43. The normalized spacial score (nSPS) is 18.8. The predicted octanol–water partition coefficient (Wildman–Crippen LogP) is 3.62. The van der Waals surface area contributed by atoms with Crippen molar-refractivity contribution < 1.29 is 13.9 Å². The second-order valence-corrected chi connectivity index (χ2v) is 7.87. The van der Waals surface area contributed by atoms with Gasteiger partial charge in [-0.05, 0) is 36.2 Å². The van der Waals surface area contributed by atoms with E-state index in [4.69, 9.17) is 9.47 Å². The number of rotatable bonds is 6. The van der Waals surface area contributed by atoms with E-state index < -0.39 is 0 Å². The number of hydrogen-bond acceptors (Lipinski definition) is 5. The molecule has 2 aromatic carbocycles. The first kappa shape index (κ1) is 21.1. The smallest absolute Gasteiger partial charge is 0.251 e. The molecule has 7 heteroatoms. The number of benzene rings is 2. The quantitative estimate of drug-likeness (QED) is 0.656. The number of aryl methyl sites for hydroxylation is 1. The Hall–Kier alpha value is -3.19. The van der Waals surface area contributed by atoms with Crippen molar-refractivity contribution >= 4 is 0 Å². The van der Waals surface area contributed by atoms with Gasteiger partial charge in [-0.1, -0.05) is 24.3 Å². The minimum Gasteiger partial charge on any atom is -0.493 e. The van der Waals surface area contributed by atoms with Crippen molar-refractivity contribution in [3.8, 4) is 11.5 Å². The second-order valence-electron chi connectivity index (χ2n) is 7.87. The van der Waals surface area contributed by atoms with Crippen LogP contribution in [0.25, 0.3) is 0 Å². The van der Waals surface area contributed by atoms with Crippen LogP contribution in [0.2, 0.25) is 0 Å². The Labute approximate surface area is 180 Å². The molecule has 0 unspecified atom stereocenters. The van der Waals surface area contributed by atoms with E-state index in [-0.39, 0.29) is 23.2 Å². The van der Waals surface area contributed by atoms with Gasteiger partial charge in [0.1, 0.15) is 11.6 Å². The summed E-state index contributed by atoms with van der Waals surface area (Å²) in [4.78, 5) is 21.6. The highest BCUT2D eigenvalue weighted by atomic mass is 19.1. The number of nitrogens with one attached hydrogen (secondary N) is 1. The number of aromatic nitrogens is 2. The van der Waals surface area contributed by atoms with E-state index in [1.165, 1.54) is 12.1 Å². The molecule has 0 bridgehead atoms. The summed E-state index contributed by atoms with van der Waals surface area (Å²) in [5, 5.41) is 0. The van der Waals surface area contributed by atoms with Gasteiger partial charge in [-0.15, -0.1) is 0 Å². The Bertz CT molecular complexity index is 1130. The van der Waals surface area contributed by atoms with Crippen molar-refractivity contribution in [1.82, 2.24) is 14.9 Å². The van der Waals surface area contributed by atoms with Crippen LogP contribution in [-0.4, -0.2) is 42.2 Å². The summed E-state index contributed by atoms with van der Waals surface area (Å²) in [5.41, 5.74) is 2.24. The average Bonchev–Trinajstić information content (AvgIpc) is 3.16. The Kier molecular flexibility index (Phi) is 6.04. The van der Waals surface area contributed by atoms with Crippen LogP contribution in [-0.2, 0) is 6.54 Å². The van der Waals surface area contributed by atoms with Crippen LogP contribution < -0.4 is 15.0 Å². The number of H-pyrrole nitrogens is 1. The molecule has 1 aliphatic heterocycles. The van der Waals surface area contributed by atoms with Crippen LogP contribution in [0.1, 0.15) is 34.5 Å². The number of hydrogen-bond donors (Lipinski definition) is 1. The van der Waals surface area contributed by atoms with E-state index in [2.05, 4.69) is 14.9 Å². The third-order valence-corrected chi connectivity index (χ3v) is 5.81. The number of methoxy groups -OCH3 is 2. The lowest BCUT2D eigenvalue weighted by atomic mass is 9.86. The summed E-state index contributed by atoms with van der Waals surface area (Å²) in [6.45, 7) is 3.76. The number of nitrogens with zero attached hydrogens (tertiary/aromatic N) is 2. The maximum absolute atomic E-state index is 14.7. The average molecular weight is 423 g/mol. The van der Waals surface area contributed by atoms with Gasteiger partial charge >= 0.3 is 0 Å². The van der Waals surface area contributed by atoms with Crippen LogP contribution in [0.15, 0.2) is 53.3 Å². The standard InChI is InChI=1S/C24H26FN3O3/c1-15-26-21(11-24(29)27-15)19-14-28(13-18(19)17-6-4-5-7-20(17)25)12-16-8-9-22(30-2)23(10-16)31-3/h4-11,18-19H,12-14H2,1-3H3,(H,26,27,29)/t18-,19+/m0/s1. The molecule has 1 N–H and O–H groups in total. The lowest BCUT2D eigenvalue weighted by Crippen LogP contribution is -2.21. The third kappa shape index (κ3) is 4.46. The maximum Gasteiger partial charge on any atom is 0.251 e. The van der Waals surface area contributed by atoms with Gasteiger partial charge < -0.3 is 14.5 Å². The fraction of sp³-hybridized carbons (Fsp3) is 0.333. The highest BCUT2D eigenvalue weighted by molar-refractivity contribution is 5.43. The summed E-state index contributed by atoms with van der Waals surface area (Å²) < 4.78 is 25.4. The van der Waals surface area contributed by atoms with Gasteiger partial charge in [-0.2, -0.15) is 0 Å². The summed E-state index contributed by atoms with van der Waals surface area (Å²) in [6, 6.07) is 14.2. The molecular formula is C24H26FN3O3. The van der Waals surface area contributed by atoms with Gasteiger partial charge in [-0.25, -0.2) is 9.37 Å². The highest BCUT2D eigenvalue weighted by Gasteiger charge is 2.37. The van der Waals surface area contributed by atoms with Crippen LogP contribution >= 0.6 is 0 Å². The zero-order chi connectivity index (χ0) is 22.0. The highest BCUT2D eigenvalue weighted by Crippen LogP contribution is 2.40. The monoisotopic (exact) mass is 423 g/mol. The van der Waals surface area contributed by atoms with E-state index in [1.807, 2.05) is 30.3 Å². The van der Waals surface area contributed by atoms with Crippen LogP contribution in [0.5, 0.6) is 11.5 Å². The summed E-state index contributed by atoms with van der Waals surface area (Å²) in [6.07, 6.45) is 0. The first-order chi connectivity index (χ1) is 15.0. The maximum atomic E-state index is 14.7. The first-order valence-corrected chi connectivity index (χ1v) is 10.2. The Morgan fingerprint density at radius 2 is 1.81 bits per heavy atom. The third-order valence-electron chi connectivity index (χ3n) is 5.81. The topological polar surface area (TPSA) is 67.5 Å². The van der Waals surface area contributed by atoms with E-state index in [0.29, 0.717) is 48.2 Å². The molecule has 31 heavy (non-hydrogen) atoms. The van der Waals surface area contributed by atoms with E-state index in [0.717, 1.165) is 5.56 Å². The van der Waals surface area contributed by atoms with E-state index in [9.17, 15) is 9.18 Å². The molecule has 0 saturated carbocycles. The molecule has 1 fully saturated rings. The minimum atomic E-state index is -0.230. The van der Waals surface area contributed by atoms with Crippen LogP contribution in [0.4, 0.5) is 4.39 Å². The summed E-state index contributed by atoms with van der Waals surface area (Å²) in [7, 11) is 3.22. The Morgan fingerprint density at radius 3 is 2.52 bits per heavy atom. The first-order valence-electron chi connectivity index (χ1n) is 10.2. The van der Waals surface area contributed by atoms with Gasteiger partial charge in [0.2, 0.25) is 0 Å².